The molecule has 1 fully saturated rings. The number of rotatable bonds is 4. The highest BCUT2D eigenvalue weighted by Crippen LogP contribution is 2.28. The van der Waals surface area contributed by atoms with Gasteiger partial charge in [-0.3, -0.25) is 4.79 Å². The van der Waals surface area contributed by atoms with Crippen LogP contribution in [0.2, 0.25) is 5.02 Å². The summed E-state index contributed by atoms with van der Waals surface area (Å²) in [5.74, 6) is -0.0156. The molecule has 0 spiro atoms. The highest BCUT2D eigenvalue weighted by molar-refractivity contribution is 6.31. The quantitative estimate of drug-likeness (QED) is 0.696. The highest BCUT2D eigenvalue weighted by Gasteiger charge is 2.24. The zero-order chi connectivity index (χ0) is 19.7. The van der Waals surface area contributed by atoms with E-state index in [9.17, 15) is 9.18 Å². The van der Waals surface area contributed by atoms with Gasteiger partial charge < -0.3 is 15.2 Å². The highest BCUT2D eigenvalue weighted by atomic mass is 35.5. The summed E-state index contributed by atoms with van der Waals surface area (Å²) in [7, 11) is 0. The van der Waals surface area contributed by atoms with Crippen molar-refractivity contribution in [1.82, 2.24) is 24.8 Å². The fourth-order valence-electron chi connectivity index (χ4n) is 3.63. The molecule has 0 radical (unpaired) electrons. The van der Waals surface area contributed by atoms with E-state index in [-0.39, 0.29) is 17.8 Å². The Bertz CT molecular complexity index is 1020. The van der Waals surface area contributed by atoms with Gasteiger partial charge in [-0.2, -0.15) is 0 Å². The summed E-state index contributed by atoms with van der Waals surface area (Å²) in [5, 5.41) is 4.32. The number of halogens is 2. The number of aromatic amines is 1. The van der Waals surface area contributed by atoms with Crippen LogP contribution < -0.4 is 5.32 Å². The molecule has 2 N–H and O–H groups in total. The molecule has 146 valence electrons. The summed E-state index contributed by atoms with van der Waals surface area (Å²) >= 11 is 6.04. The number of piperidine rings is 1. The van der Waals surface area contributed by atoms with E-state index in [4.69, 9.17) is 11.6 Å². The van der Waals surface area contributed by atoms with E-state index in [2.05, 4.69) is 25.3 Å². The lowest BCUT2D eigenvalue weighted by Gasteiger charge is -2.35. The van der Waals surface area contributed by atoms with Gasteiger partial charge in [0.05, 0.1) is 11.2 Å². The summed E-state index contributed by atoms with van der Waals surface area (Å²) in [4.78, 5) is 29.4. The lowest BCUT2D eigenvalue weighted by atomic mass is 10.0. The first-order valence-corrected chi connectivity index (χ1v) is 9.57. The molecule has 1 atom stereocenters. The van der Waals surface area contributed by atoms with Crippen LogP contribution in [-0.4, -0.2) is 49.9 Å². The minimum atomic E-state index is -0.537. The third-order valence-electron chi connectivity index (χ3n) is 5.02. The van der Waals surface area contributed by atoms with Gasteiger partial charge in [-0.05, 0) is 25.3 Å². The van der Waals surface area contributed by atoms with E-state index in [0.29, 0.717) is 28.6 Å². The van der Waals surface area contributed by atoms with Crippen molar-refractivity contribution in [3.8, 4) is 11.4 Å². The zero-order valence-corrected chi connectivity index (χ0v) is 16.1. The van der Waals surface area contributed by atoms with E-state index in [1.165, 1.54) is 0 Å². The number of carbonyl (C=O) groups excluding carboxylic acids is 1. The molecule has 4 heterocycles. The third-order valence-corrected chi connectivity index (χ3v) is 5.23. The van der Waals surface area contributed by atoms with Crippen molar-refractivity contribution in [3.05, 3.63) is 35.5 Å². The van der Waals surface area contributed by atoms with E-state index in [1.807, 2.05) is 4.90 Å². The number of aromatic nitrogens is 4. The predicted octanol–water partition coefficient (Wildman–Crippen LogP) is 3.63. The first-order chi connectivity index (χ1) is 13.5. The number of pyridine rings is 1. The third kappa shape index (κ3) is 3.64. The fourth-order valence-corrected chi connectivity index (χ4v) is 3.78. The van der Waals surface area contributed by atoms with E-state index in [1.54, 1.807) is 25.4 Å². The van der Waals surface area contributed by atoms with Crippen molar-refractivity contribution in [3.63, 3.8) is 0 Å². The van der Waals surface area contributed by atoms with E-state index in [0.717, 1.165) is 37.4 Å². The van der Waals surface area contributed by atoms with E-state index < -0.39 is 5.82 Å². The van der Waals surface area contributed by atoms with Crippen LogP contribution in [0.25, 0.3) is 22.4 Å². The van der Waals surface area contributed by atoms with Crippen LogP contribution in [-0.2, 0) is 4.79 Å². The van der Waals surface area contributed by atoms with Crippen LogP contribution >= 0.6 is 11.6 Å². The molecule has 3 aromatic rings. The monoisotopic (exact) mass is 402 g/mol. The normalized spacial score (nSPS) is 17.1. The number of nitrogens with zero attached hydrogens (tertiary/aromatic N) is 4. The van der Waals surface area contributed by atoms with Gasteiger partial charge in [0.25, 0.3) is 0 Å². The van der Waals surface area contributed by atoms with Crippen molar-refractivity contribution < 1.29 is 9.18 Å². The largest absolute Gasteiger partial charge is 0.365 e. The SMILES string of the molecule is CC(=O)N1CCCC[C@H]1CNc1nc(-c2c[nH]c3ncc(Cl)cc23)ncc1F. The Balaban J connectivity index is 1.58. The number of nitrogens with one attached hydrogen (secondary N) is 2. The van der Waals surface area contributed by atoms with Crippen molar-refractivity contribution in [2.45, 2.75) is 32.2 Å². The Hall–Kier alpha value is -2.74. The first-order valence-electron chi connectivity index (χ1n) is 9.19. The lowest BCUT2D eigenvalue weighted by molar-refractivity contribution is -0.132. The van der Waals surface area contributed by atoms with Gasteiger partial charge in [0.1, 0.15) is 5.65 Å². The molecule has 3 aromatic heterocycles. The second-order valence-corrected chi connectivity index (χ2v) is 7.32. The van der Waals surface area contributed by atoms with Gasteiger partial charge in [0.15, 0.2) is 17.5 Å². The summed E-state index contributed by atoms with van der Waals surface area (Å²) in [6.07, 6.45) is 7.36. The van der Waals surface area contributed by atoms with Crippen LogP contribution in [0.1, 0.15) is 26.2 Å². The van der Waals surface area contributed by atoms with Crippen molar-refractivity contribution in [2.75, 3.05) is 18.4 Å². The number of fused-ring (bicyclic) bond motifs is 1. The van der Waals surface area contributed by atoms with Gasteiger partial charge in [0, 0.05) is 49.4 Å². The van der Waals surface area contributed by atoms with Crippen LogP contribution in [0, 0.1) is 5.82 Å². The molecule has 28 heavy (non-hydrogen) atoms. The van der Waals surface area contributed by atoms with E-state index >= 15 is 0 Å². The van der Waals surface area contributed by atoms with Gasteiger partial charge in [-0.1, -0.05) is 11.6 Å². The van der Waals surface area contributed by atoms with Gasteiger partial charge in [0.2, 0.25) is 5.91 Å². The Morgan fingerprint density at radius 2 is 2.25 bits per heavy atom. The molecule has 0 bridgehead atoms. The fraction of sp³-hybridized carbons (Fsp3) is 0.368. The van der Waals surface area contributed by atoms with Crippen LogP contribution in [0.15, 0.2) is 24.7 Å². The molecule has 0 aromatic carbocycles. The number of H-pyrrole nitrogens is 1. The maximum atomic E-state index is 14.3. The smallest absolute Gasteiger partial charge is 0.219 e. The van der Waals surface area contributed by atoms with Crippen molar-refractivity contribution >= 4 is 34.4 Å². The van der Waals surface area contributed by atoms with Crippen LogP contribution in [0.4, 0.5) is 10.2 Å². The Kier molecular flexibility index (Phi) is 5.13. The molecule has 1 saturated heterocycles. The Labute approximate surface area is 166 Å². The topological polar surface area (TPSA) is 86.8 Å². The number of hydrogen-bond donors (Lipinski definition) is 2. The summed E-state index contributed by atoms with van der Waals surface area (Å²) in [6.45, 7) is 2.74. The maximum Gasteiger partial charge on any atom is 0.219 e. The standard InChI is InChI=1S/C19H20ClFN6O/c1-11(28)27-5-3-2-4-13(27)8-23-19-16(21)10-25-18(26-19)15-9-24-17-14(15)6-12(20)7-22-17/h6-7,9-10,13H,2-5,8H2,1H3,(H,22,24)(H,23,25,26)/t13-/m0/s1. The lowest BCUT2D eigenvalue weighted by Crippen LogP contribution is -2.46. The molecule has 1 amide bonds. The minimum Gasteiger partial charge on any atom is -0.365 e. The maximum absolute atomic E-state index is 14.3. The number of likely N-dealkylation sites (tertiary alicyclic amines) is 1. The second-order valence-electron chi connectivity index (χ2n) is 6.89. The number of amides is 1. The predicted molar refractivity (Wildman–Crippen MR) is 106 cm³/mol. The number of hydrogen-bond acceptors (Lipinski definition) is 5. The molecule has 0 unspecified atom stereocenters. The molecular weight excluding hydrogens is 383 g/mol. The molecule has 1 aliphatic heterocycles. The van der Waals surface area contributed by atoms with Gasteiger partial charge in [-0.15, -0.1) is 0 Å². The number of carbonyl (C=O) groups is 1. The summed E-state index contributed by atoms with van der Waals surface area (Å²) in [5.41, 5.74) is 1.34. The van der Waals surface area contributed by atoms with Crippen LogP contribution in [0.3, 0.4) is 0 Å². The second kappa shape index (κ2) is 7.71. The first kappa shape index (κ1) is 18.6. The number of anilines is 1. The average molecular weight is 403 g/mol. The molecule has 7 nitrogen and oxygen atoms in total. The molecule has 0 saturated carbocycles. The minimum absolute atomic E-state index is 0.0279. The Morgan fingerprint density at radius 3 is 3.07 bits per heavy atom. The van der Waals surface area contributed by atoms with Crippen molar-refractivity contribution in [2.24, 2.45) is 0 Å². The van der Waals surface area contributed by atoms with Gasteiger partial charge in [-0.25, -0.2) is 19.3 Å². The summed E-state index contributed by atoms with van der Waals surface area (Å²) < 4.78 is 14.3. The molecule has 9 heteroatoms. The van der Waals surface area contributed by atoms with Crippen LogP contribution in [0.5, 0.6) is 0 Å². The van der Waals surface area contributed by atoms with Gasteiger partial charge >= 0.3 is 0 Å². The van der Waals surface area contributed by atoms with Crippen molar-refractivity contribution in [1.29, 1.82) is 0 Å². The Morgan fingerprint density at radius 1 is 1.39 bits per heavy atom. The molecule has 1 aliphatic rings. The zero-order valence-electron chi connectivity index (χ0n) is 15.4. The average Bonchev–Trinajstić information content (AvgIpc) is 3.10. The molecule has 0 aliphatic carbocycles. The molecular formula is C19H20ClFN6O. The molecule has 4 rings (SSSR count). The summed E-state index contributed by atoms with van der Waals surface area (Å²) in [6, 6.07) is 1.79.